The third-order valence-electron chi connectivity index (χ3n) is 3.93. The first-order valence-electron chi connectivity index (χ1n) is 8.67. The molecule has 0 unspecified atom stereocenters. The maximum absolute atomic E-state index is 13.8. The minimum atomic E-state index is -1.10. The smallest absolute Gasteiger partial charge is 0.413 e. The summed E-state index contributed by atoms with van der Waals surface area (Å²) >= 11 is 0. The van der Waals surface area contributed by atoms with Crippen LogP contribution in [0.2, 0.25) is 0 Å². The van der Waals surface area contributed by atoms with Crippen LogP contribution in [0.1, 0.15) is 25.5 Å². The number of halogens is 2. The second-order valence-electron chi connectivity index (χ2n) is 6.23. The fourth-order valence-corrected chi connectivity index (χ4v) is 2.55. The van der Waals surface area contributed by atoms with Crippen LogP contribution < -0.4 is 10.6 Å². The van der Waals surface area contributed by atoms with Crippen molar-refractivity contribution in [1.82, 2.24) is 25.0 Å². The predicted molar refractivity (Wildman–Crippen MR) is 101 cm³/mol. The Kier molecular flexibility index (Phi) is 5.95. The molecule has 10 nitrogen and oxygen atoms in total. The second-order valence-corrected chi connectivity index (χ2v) is 6.23. The predicted octanol–water partition coefficient (Wildman–Crippen LogP) is 2.82. The number of nitrogens with zero attached hydrogens (tertiary/aromatic N) is 5. The molecule has 0 aromatic carbocycles. The zero-order valence-electron chi connectivity index (χ0n) is 16.2. The molecule has 3 rings (SSSR count). The molecule has 0 saturated heterocycles. The summed E-state index contributed by atoms with van der Waals surface area (Å²) in [5, 5.41) is 12.9. The number of rotatable bonds is 5. The average Bonchev–Trinajstić information content (AvgIpc) is 3.04. The zero-order chi connectivity index (χ0) is 21.8. The minimum absolute atomic E-state index is 0.171. The van der Waals surface area contributed by atoms with Crippen molar-refractivity contribution in [1.29, 1.82) is 0 Å². The quantitative estimate of drug-likeness (QED) is 0.612. The molecule has 0 fully saturated rings. The van der Waals surface area contributed by atoms with Crippen LogP contribution in [0.15, 0.2) is 30.6 Å². The van der Waals surface area contributed by atoms with Crippen LogP contribution in [0.25, 0.3) is 11.4 Å². The maximum Gasteiger partial charge on any atom is 0.413 e. The summed E-state index contributed by atoms with van der Waals surface area (Å²) in [6, 6.07) is 4.10. The first-order chi connectivity index (χ1) is 14.2. The Balaban J connectivity index is 1.75. The minimum Gasteiger partial charge on any atom is -0.441 e. The first-order valence-corrected chi connectivity index (χ1v) is 8.67. The number of ether oxygens (including phenoxy) is 1. The van der Waals surface area contributed by atoms with Gasteiger partial charge >= 0.3 is 6.09 Å². The number of amides is 2. The molecule has 3 heterocycles. The lowest BCUT2D eigenvalue weighted by molar-refractivity contribution is -0.114. The molecule has 156 valence electrons. The molecular formula is C18H17F2N7O3. The highest BCUT2D eigenvalue weighted by Gasteiger charge is 2.21. The molecule has 0 aliphatic carbocycles. The van der Waals surface area contributed by atoms with Gasteiger partial charge in [-0.25, -0.2) is 18.9 Å². The normalized spacial score (nSPS) is 11.6. The van der Waals surface area contributed by atoms with E-state index in [0.717, 1.165) is 12.3 Å². The van der Waals surface area contributed by atoms with Gasteiger partial charge in [0.25, 0.3) is 0 Å². The van der Waals surface area contributed by atoms with Crippen molar-refractivity contribution in [2.75, 3.05) is 10.6 Å². The van der Waals surface area contributed by atoms with Gasteiger partial charge in [0.05, 0.1) is 29.3 Å². The van der Waals surface area contributed by atoms with Crippen molar-refractivity contribution in [3.63, 3.8) is 0 Å². The van der Waals surface area contributed by atoms with Gasteiger partial charge in [-0.1, -0.05) is 5.21 Å². The van der Waals surface area contributed by atoms with Crippen LogP contribution >= 0.6 is 0 Å². The molecule has 0 spiro atoms. The van der Waals surface area contributed by atoms with Gasteiger partial charge in [-0.15, -0.1) is 5.10 Å². The van der Waals surface area contributed by atoms with Crippen molar-refractivity contribution in [3.05, 3.63) is 47.9 Å². The van der Waals surface area contributed by atoms with Crippen LogP contribution in [0.3, 0.4) is 0 Å². The average molecular weight is 417 g/mol. The van der Waals surface area contributed by atoms with Gasteiger partial charge in [-0.3, -0.25) is 15.1 Å². The summed E-state index contributed by atoms with van der Waals surface area (Å²) in [6.45, 7) is 2.75. The van der Waals surface area contributed by atoms with E-state index >= 15 is 0 Å². The number of hydrogen-bond donors (Lipinski definition) is 2. The van der Waals surface area contributed by atoms with Crippen molar-refractivity contribution >= 4 is 23.5 Å². The van der Waals surface area contributed by atoms with E-state index in [9.17, 15) is 18.4 Å². The summed E-state index contributed by atoms with van der Waals surface area (Å²) in [5.74, 6) is -1.77. The van der Waals surface area contributed by atoms with E-state index in [0.29, 0.717) is 11.4 Å². The number of aromatic nitrogens is 5. The van der Waals surface area contributed by atoms with Crippen molar-refractivity contribution < 1.29 is 23.1 Å². The Morgan fingerprint density at radius 1 is 1.17 bits per heavy atom. The van der Waals surface area contributed by atoms with Crippen LogP contribution in [-0.2, 0) is 16.6 Å². The van der Waals surface area contributed by atoms with Gasteiger partial charge in [-0.2, -0.15) is 4.39 Å². The Hall–Kier alpha value is -3.96. The highest BCUT2D eigenvalue weighted by atomic mass is 19.1. The molecule has 0 aliphatic rings. The van der Waals surface area contributed by atoms with Crippen LogP contribution in [0.4, 0.5) is 25.1 Å². The summed E-state index contributed by atoms with van der Waals surface area (Å²) in [6.07, 6.45) is 0.110. The number of carbonyl (C=O) groups excluding carboxylic acids is 2. The summed E-state index contributed by atoms with van der Waals surface area (Å²) in [5.41, 5.74) is 0.906. The van der Waals surface area contributed by atoms with Gasteiger partial charge in [0.2, 0.25) is 11.9 Å². The van der Waals surface area contributed by atoms with E-state index in [1.54, 1.807) is 12.1 Å². The molecule has 12 heteroatoms. The Labute approximate surface area is 169 Å². The third kappa shape index (κ3) is 4.71. The third-order valence-corrected chi connectivity index (χ3v) is 3.93. The number of pyridine rings is 2. The van der Waals surface area contributed by atoms with Crippen molar-refractivity contribution in [2.24, 2.45) is 7.05 Å². The van der Waals surface area contributed by atoms with Gasteiger partial charge < -0.3 is 10.1 Å². The molecule has 3 aromatic heterocycles. The molecule has 1 atom stereocenters. The van der Waals surface area contributed by atoms with Gasteiger partial charge in [0, 0.05) is 14.0 Å². The summed E-state index contributed by atoms with van der Waals surface area (Å²) in [4.78, 5) is 30.9. The Morgan fingerprint density at radius 3 is 2.60 bits per heavy atom. The molecule has 0 bridgehead atoms. The maximum atomic E-state index is 13.8. The molecule has 2 N–H and O–H groups in total. The fraction of sp³-hybridized carbons (Fsp3) is 0.222. The van der Waals surface area contributed by atoms with Crippen molar-refractivity contribution in [3.8, 4) is 11.4 Å². The van der Waals surface area contributed by atoms with E-state index in [2.05, 4.69) is 30.9 Å². The Morgan fingerprint density at radius 2 is 1.93 bits per heavy atom. The molecular weight excluding hydrogens is 400 g/mol. The lowest BCUT2D eigenvalue weighted by Crippen LogP contribution is -2.19. The molecule has 30 heavy (non-hydrogen) atoms. The second kappa shape index (κ2) is 8.59. The summed E-state index contributed by atoms with van der Waals surface area (Å²) < 4.78 is 33.5. The standard InChI is InChI=1S/C18H17F2N7O3/c1-9(13-6-11(19)7-22-16(13)20)30-18(29)24-17-15(25-26-27(17)3)14-5-4-12(8-21-14)23-10(2)28/h4-9H,1-3H3,(H,23,28)(H,24,29)/t9-/m1/s1. The first kappa shape index (κ1) is 20.8. The largest absolute Gasteiger partial charge is 0.441 e. The van der Waals surface area contributed by atoms with Gasteiger partial charge in [0.15, 0.2) is 11.5 Å². The van der Waals surface area contributed by atoms with E-state index in [4.69, 9.17) is 4.74 Å². The molecule has 3 aromatic rings. The van der Waals surface area contributed by atoms with E-state index in [-0.39, 0.29) is 23.0 Å². The number of carbonyl (C=O) groups is 2. The topological polar surface area (TPSA) is 124 Å². The summed E-state index contributed by atoms with van der Waals surface area (Å²) in [7, 11) is 1.54. The lowest BCUT2D eigenvalue weighted by Gasteiger charge is -2.15. The highest BCUT2D eigenvalue weighted by Crippen LogP contribution is 2.25. The highest BCUT2D eigenvalue weighted by molar-refractivity contribution is 5.89. The SMILES string of the molecule is CC(=O)Nc1ccc(-c2nnn(C)c2NC(=O)O[C@H](C)c2cc(F)cnc2F)nc1. The monoisotopic (exact) mass is 417 g/mol. The number of hydrogen-bond acceptors (Lipinski definition) is 7. The van der Waals surface area contributed by atoms with Crippen LogP contribution in [0, 0.1) is 11.8 Å². The van der Waals surface area contributed by atoms with Gasteiger partial charge in [-0.05, 0) is 25.1 Å². The molecule has 2 amide bonds. The van der Waals surface area contributed by atoms with E-state index < -0.39 is 24.0 Å². The number of nitrogens with one attached hydrogen (secondary N) is 2. The van der Waals surface area contributed by atoms with Crippen molar-refractivity contribution in [2.45, 2.75) is 20.0 Å². The van der Waals surface area contributed by atoms with Crippen LogP contribution in [-0.4, -0.2) is 37.0 Å². The van der Waals surface area contributed by atoms with E-state index in [1.165, 1.54) is 31.8 Å². The number of anilines is 2. The van der Waals surface area contributed by atoms with Crippen LogP contribution in [0.5, 0.6) is 0 Å². The number of aryl methyl sites for hydroxylation is 1. The molecule has 0 radical (unpaired) electrons. The van der Waals surface area contributed by atoms with Gasteiger partial charge in [0.1, 0.15) is 11.9 Å². The lowest BCUT2D eigenvalue weighted by atomic mass is 10.2. The zero-order valence-corrected chi connectivity index (χ0v) is 16.2. The van der Waals surface area contributed by atoms with E-state index in [1.807, 2.05) is 0 Å². The fourth-order valence-electron chi connectivity index (χ4n) is 2.55. The molecule has 0 aliphatic heterocycles. The molecule has 0 saturated carbocycles. The Bertz CT molecular complexity index is 1090.